The molecule has 5 aromatic rings. The lowest BCUT2D eigenvalue weighted by Crippen LogP contribution is -2.44. The summed E-state index contributed by atoms with van der Waals surface area (Å²) in [5, 5.41) is 9.27. The molecule has 1 saturated heterocycles. The predicted octanol–water partition coefficient (Wildman–Crippen LogP) is 4.85. The van der Waals surface area contributed by atoms with Gasteiger partial charge in [0.05, 0.1) is 17.6 Å². The molecule has 7 nitrogen and oxygen atoms in total. The number of fused-ring (bicyclic) bond motifs is 1. The average molecular weight is 464 g/mol. The van der Waals surface area contributed by atoms with Gasteiger partial charge in [0.25, 0.3) is 0 Å². The number of rotatable bonds is 4. The van der Waals surface area contributed by atoms with Gasteiger partial charge in [-0.3, -0.25) is 0 Å². The van der Waals surface area contributed by atoms with Gasteiger partial charge < -0.3 is 14.8 Å². The normalized spacial score (nSPS) is 14.7. The van der Waals surface area contributed by atoms with Gasteiger partial charge in [-0.1, -0.05) is 23.4 Å². The monoisotopic (exact) mass is 463 g/mol. The lowest BCUT2D eigenvalue weighted by atomic mass is 10.00. The van der Waals surface area contributed by atoms with Crippen LogP contribution in [0.4, 0.5) is 5.69 Å². The van der Waals surface area contributed by atoms with Gasteiger partial charge in [-0.05, 0) is 67.9 Å². The first kappa shape index (κ1) is 21.6. The summed E-state index contributed by atoms with van der Waals surface area (Å²) in [5.74, 6) is 0. The number of anilines is 1. The van der Waals surface area contributed by atoms with E-state index in [-0.39, 0.29) is 0 Å². The van der Waals surface area contributed by atoms with E-state index >= 15 is 0 Å². The number of nitrogens with zero attached hydrogens (tertiary/aromatic N) is 6. The number of aromatic amines is 1. The summed E-state index contributed by atoms with van der Waals surface area (Å²) in [6.07, 6.45) is 5.77. The maximum Gasteiger partial charge on any atom is 0.137 e. The molecule has 1 aliphatic rings. The van der Waals surface area contributed by atoms with Gasteiger partial charge in [0.15, 0.2) is 0 Å². The Morgan fingerprint density at radius 3 is 2.31 bits per heavy atom. The van der Waals surface area contributed by atoms with E-state index < -0.39 is 0 Å². The summed E-state index contributed by atoms with van der Waals surface area (Å²) in [6, 6.07) is 17.4. The molecule has 176 valence electrons. The van der Waals surface area contributed by atoms with Gasteiger partial charge in [0.1, 0.15) is 5.65 Å². The van der Waals surface area contributed by atoms with Crippen molar-refractivity contribution in [2.24, 2.45) is 0 Å². The first-order valence-corrected chi connectivity index (χ1v) is 12.1. The summed E-state index contributed by atoms with van der Waals surface area (Å²) in [5.41, 5.74) is 10.1. The van der Waals surface area contributed by atoms with Crippen LogP contribution in [0.2, 0.25) is 0 Å². The molecular formula is C28H29N7. The van der Waals surface area contributed by atoms with Gasteiger partial charge in [-0.15, -0.1) is 5.10 Å². The second-order valence-corrected chi connectivity index (χ2v) is 9.45. The topological polar surface area (TPSA) is 65.9 Å². The van der Waals surface area contributed by atoms with Gasteiger partial charge >= 0.3 is 0 Å². The fraction of sp³-hybridized carbons (Fsp3) is 0.250. The summed E-state index contributed by atoms with van der Waals surface area (Å²) in [4.78, 5) is 12.9. The van der Waals surface area contributed by atoms with E-state index in [0.29, 0.717) is 0 Å². The highest BCUT2D eigenvalue weighted by Gasteiger charge is 2.17. The third-order valence-electron chi connectivity index (χ3n) is 7.05. The number of hydrogen-bond donors (Lipinski definition) is 1. The van der Waals surface area contributed by atoms with Crippen LogP contribution in [0.15, 0.2) is 67.1 Å². The molecule has 0 spiro atoms. The summed E-state index contributed by atoms with van der Waals surface area (Å²) < 4.78 is 1.84. The molecule has 2 aromatic carbocycles. The van der Waals surface area contributed by atoms with E-state index in [1.54, 1.807) is 6.20 Å². The van der Waals surface area contributed by atoms with E-state index in [1.165, 1.54) is 16.8 Å². The highest BCUT2D eigenvalue weighted by molar-refractivity contribution is 5.96. The Bertz CT molecular complexity index is 1490. The van der Waals surface area contributed by atoms with E-state index in [4.69, 9.17) is 4.98 Å². The molecule has 0 unspecified atom stereocenters. The molecule has 35 heavy (non-hydrogen) atoms. The van der Waals surface area contributed by atoms with E-state index in [0.717, 1.165) is 65.3 Å². The maximum atomic E-state index is 4.73. The zero-order valence-electron chi connectivity index (χ0n) is 20.4. The average Bonchev–Trinajstić information content (AvgIpc) is 3.50. The van der Waals surface area contributed by atoms with Crippen molar-refractivity contribution in [3.05, 3.63) is 78.4 Å². The molecular weight excluding hydrogens is 434 g/mol. The van der Waals surface area contributed by atoms with Crippen LogP contribution in [-0.4, -0.2) is 63.1 Å². The van der Waals surface area contributed by atoms with Crippen LogP contribution in [0, 0.1) is 13.8 Å². The number of likely N-dealkylation sites (N-methyl/N-ethyl adjacent to an activating group) is 1. The Labute approximate surface area is 205 Å². The van der Waals surface area contributed by atoms with Crippen molar-refractivity contribution in [2.75, 3.05) is 38.1 Å². The second kappa shape index (κ2) is 8.67. The largest absolute Gasteiger partial charge is 0.369 e. The van der Waals surface area contributed by atoms with Crippen LogP contribution < -0.4 is 4.90 Å². The lowest BCUT2D eigenvalue weighted by molar-refractivity contribution is 0.312. The summed E-state index contributed by atoms with van der Waals surface area (Å²) in [6.45, 7) is 8.58. The van der Waals surface area contributed by atoms with Crippen molar-refractivity contribution in [1.82, 2.24) is 29.9 Å². The Balaban J connectivity index is 1.31. The quantitative estimate of drug-likeness (QED) is 0.413. The Morgan fingerprint density at radius 1 is 0.829 bits per heavy atom. The molecule has 0 bridgehead atoms. The minimum atomic E-state index is 0.894. The predicted molar refractivity (Wildman–Crippen MR) is 141 cm³/mol. The SMILES string of the molecule is Cc1cc(-c2cnc3[nH]cc(-c4ccc(-n5nncc5C)cc4)c3c2)ccc1N1CCN(C)CC1. The lowest BCUT2D eigenvalue weighted by Gasteiger charge is -2.35. The minimum Gasteiger partial charge on any atom is -0.369 e. The van der Waals surface area contributed by atoms with Gasteiger partial charge in [0, 0.05) is 60.8 Å². The van der Waals surface area contributed by atoms with Crippen molar-refractivity contribution >= 4 is 16.7 Å². The third kappa shape index (κ3) is 3.98. The fourth-order valence-electron chi connectivity index (χ4n) is 4.96. The highest BCUT2D eigenvalue weighted by atomic mass is 15.4. The molecule has 1 fully saturated rings. The second-order valence-electron chi connectivity index (χ2n) is 9.45. The standard InChI is InChI=1S/C28H29N7/c1-19-14-22(6-9-27(19)34-12-10-33(3)11-13-34)23-15-25-26(18-30-28(25)29-17-23)21-4-7-24(8-5-21)35-20(2)16-31-32-35/h4-9,14-18H,10-13H2,1-3H3,(H,29,30). The minimum absolute atomic E-state index is 0.894. The molecule has 0 aliphatic carbocycles. The number of H-pyrrole nitrogens is 1. The first-order chi connectivity index (χ1) is 17.1. The van der Waals surface area contributed by atoms with Crippen molar-refractivity contribution in [3.8, 4) is 27.9 Å². The van der Waals surface area contributed by atoms with Crippen molar-refractivity contribution < 1.29 is 0 Å². The number of benzene rings is 2. The fourth-order valence-corrected chi connectivity index (χ4v) is 4.96. The molecule has 4 heterocycles. The van der Waals surface area contributed by atoms with E-state index in [9.17, 15) is 0 Å². The molecule has 3 aromatic heterocycles. The zero-order valence-corrected chi connectivity index (χ0v) is 20.4. The van der Waals surface area contributed by atoms with Crippen LogP contribution in [-0.2, 0) is 0 Å². The van der Waals surface area contributed by atoms with Gasteiger partial charge in [-0.25, -0.2) is 9.67 Å². The van der Waals surface area contributed by atoms with E-state index in [1.807, 2.05) is 24.0 Å². The third-order valence-corrected chi connectivity index (χ3v) is 7.05. The summed E-state index contributed by atoms with van der Waals surface area (Å²) in [7, 11) is 2.19. The molecule has 0 amide bonds. The molecule has 7 heteroatoms. The smallest absolute Gasteiger partial charge is 0.137 e. The number of pyridine rings is 1. The number of hydrogen-bond acceptors (Lipinski definition) is 5. The molecule has 0 saturated carbocycles. The Kier molecular flexibility index (Phi) is 5.34. The Morgan fingerprint density at radius 2 is 1.60 bits per heavy atom. The van der Waals surface area contributed by atoms with Crippen molar-refractivity contribution in [2.45, 2.75) is 13.8 Å². The van der Waals surface area contributed by atoms with Crippen LogP contribution >= 0.6 is 0 Å². The molecule has 1 N–H and O–H groups in total. The number of nitrogens with one attached hydrogen (secondary N) is 1. The van der Waals surface area contributed by atoms with Gasteiger partial charge in [-0.2, -0.15) is 0 Å². The van der Waals surface area contributed by atoms with Crippen LogP contribution in [0.5, 0.6) is 0 Å². The van der Waals surface area contributed by atoms with E-state index in [2.05, 4.69) is 87.6 Å². The summed E-state index contributed by atoms with van der Waals surface area (Å²) >= 11 is 0. The molecule has 0 radical (unpaired) electrons. The molecule has 1 aliphatic heterocycles. The van der Waals surface area contributed by atoms with Crippen LogP contribution in [0.1, 0.15) is 11.3 Å². The highest BCUT2D eigenvalue weighted by Crippen LogP contribution is 2.33. The van der Waals surface area contributed by atoms with Crippen LogP contribution in [0.3, 0.4) is 0 Å². The zero-order chi connectivity index (χ0) is 23.9. The molecule has 6 rings (SSSR count). The Hall–Kier alpha value is -3.97. The first-order valence-electron chi connectivity index (χ1n) is 12.1. The van der Waals surface area contributed by atoms with Crippen molar-refractivity contribution in [3.63, 3.8) is 0 Å². The van der Waals surface area contributed by atoms with Crippen LogP contribution in [0.25, 0.3) is 39.0 Å². The van der Waals surface area contributed by atoms with Crippen molar-refractivity contribution in [1.29, 1.82) is 0 Å². The maximum absolute atomic E-state index is 4.73. The van der Waals surface area contributed by atoms with Gasteiger partial charge in [0.2, 0.25) is 0 Å². The number of piperazine rings is 1. The molecule has 0 atom stereocenters. The number of aromatic nitrogens is 5. The number of aryl methyl sites for hydroxylation is 2.